The van der Waals surface area contributed by atoms with E-state index in [1.807, 2.05) is 31.2 Å². The Bertz CT molecular complexity index is 879. The molecular formula is C19H27N3O4S. The van der Waals surface area contributed by atoms with Crippen molar-refractivity contribution in [3.05, 3.63) is 36.2 Å². The Labute approximate surface area is 160 Å². The van der Waals surface area contributed by atoms with Gasteiger partial charge in [-0.3, -0.25) is 4.68 Å². The van der Waals surface area contributed by atoms with Gasteiger partial charge in [0.05, 0.1) is 25.6 Å². The molecule has 2 heterocycles. The molecule has 0 amide bonds. The van der Waals surface area contributed by atoms with E-state index in [0.29, 0.717) is 36.8 Å². The van der Waals surface area contributed by atoms with Gasteiger partial charge in [-0.15, -0.1) is 0 Å². The highest BCUT2D eigenvalue weighted by Gasteiger charge is 2.32. The molecule has 0 unspecified atom stereocenters. The normalized spacial score (nSPS) is 18.4. The van der Waals surface area contributed by atoms with Crippen molar-refractivity contribution in [1.82, 2.24) is 14.1 Å². The lowest BCUT2D eigenvalue weighted by atomic mass is 10.0. The zero-order valence-corrected chi connectivity index (χ0v) is 16.9. The number of hydrogen-bond donors (Lipinski definition) is 0. The van der Waals surface area contributed by atoms with E-state index in [1.54, 1.807) is 23.0 Å². The van der Waals surface area contributed by atoms with E-state index in [0.717, 1.165) is 24.3 Å². The molecule has 1 aliphatic heterocycles. The number of rotatable bonds is 7. The second kappa shape index (κ2) is 8.31. The number of aryl methyl sites for hydroxylation is 1. The molecule has 1 aromatic carbocycles. The summed E-state index contributed by atoms with van der Waals surface area (Å²) in [6, 6.07) is 7.45. The van der Waals surface area contributed by atoms with Gasteiger partial charge in [0.15, 0.2) is 0 Å². The van der Waals surface area contributed by atoms with Gasteiger partial charge in [-0.2, -0.15) is 9.40 Å². The number of methoxy groups -OCH3 is 1. The minimum atomic E-state index is -3.53. The van der Waals surface area contributed by atoms with Crippen molar-refractivity contribution in [1.29, 1.82) is 0 Å². The van der Waals surface area contributed by atoms with Crippen molar-refractivity contribution in [3.63, 3.8) is 0 Å². The first kappa shape index (κ1) is 19.7. The summed E-state index contributed by atoms with van der Waals surface area (Å²) in [7, 11) is -1.92. The van der Waals surface area contributed by atoms with E-state index < -0.39 is 10.0 Å². The fourth-order valence-electron chi connectivity index (χ4n) is 3.43. The minimum absolute atomic E-state index is 0.154. The van der Waals surface area contributed by atoms with Crippen molar-refractivity contribution in [2.75, 3.05) is 26.8 Å². The van der Waals surface area contributed by atoms with E-state index in [2.05, 4.69) is 5.10 Å². The Balaban J connectivity index is 1.67. The van der Waals surface area contributed by atoms with Crippen LogP contribution in [0.25, 0.3) is 0 Å². The first-order valence-electron chi connectivity index (χ1n) is 9.25. The molecule has 27 heavy (non-hydrogen) atoms. The third-order valence-corrected chi connectivity index (χ3v) is 6.95. The smallest absolute Gasteiger partial charge is 0.246 e. The largest absolute Gasteiger partial charge is 0.497 e. The second-order valence-electron chi connectivity index (χ2n) is 6.77. The zero-order valence-electron chi connectivity index (χ0n) is 16.1. The van der Waals surface area contributed by atoms with E-state index in [9.17, 15) is 8.42 Å². The summed E-state index contributed by atoms with van der Waals surface area (Å²) in [5, 5.41) is 4.18. The third-order valence-electron chi connectivity index (χ3n) is 4.98. The Morgan fingerprint density at radius 1 is 1.30 bits per heavy atom. The highest BCUT2D eigenvalue weighted by molar-refractivity contribution is 7.89. The van der Waals surface area contributed by atoms with Crippen LogP contribution in [-0.4, -0.2) is 49.3 Å². The maximum atomic E-state index is 13.1. The summed E-state index contributed by atoms with van der Waals surface area (Å²) < 4.78 is 40.5. The van der Waals surface area contributed by atoms with Crippen LogP contribution < -0.4 is 9.47 Å². The number of ether oxygens (including phenoxy) is 2. The quantitative estimate of drug-likeness (QED) is 0.723. The van der Waals surface area contributed by atoms with Crippen LogP contribution in [0.4, 0.5) is 0 Å². The Morgan fingerprint density at radius 2 is 2.07 bits per heavy atom. The number of aromatic nitrogens is 2. The lowest BCUT2D eigenvalue weighted by Gasteiger charge is -2.31. The molecule has 1 atom stereocenters. The summed E-state index contributed by atoms with van der Waals surface area (Å²) in [5.74, 6) is 1.62. The van der Waals surface area contributed by atoms with Gasteiger partial charge in [-0.25, -0.2) is 8.42 Å². The summed E-state index contributed by atoms with van der Waals surface area (Å²) in [6.45, 7) is 5.88. The third kappa shape index (κ3) is 4.27. The summed E-state index contributed by atoms with van der Waals surface area (Å²) in [5.41, 5.74) is 0.687. The van der Waals surface area contributed by atoms with Crippen molar-refractivity contribution >= 4 is 10.0 Å². The Kier molecular flexibility index (Phi) is 6.06. The van der Waals surface area contributed by atoms with Gasteiger partial charge in [0.25, 0.3) is 0 Å². The molecule has 0 bridgehead atoms. The predicted octanol–water partition coefficient (Wildman–Crippen LogP) is 2.70. The van der Waals surface area contributed by atoms with Gasteiger partial charge >= 0.3 is 0 Å². The van der Waals surface area contributed by atoms with E-state index in [-0.39, 0.29) is 5.92 Å². The molecule has 7 nitrogen and oxygen atoms in total. The maximum absolute atomic E-state index is 13.1. The standard InChI is InChI=1S/C19H27N3O4S/c1-4-22-15(2)19(12-20-22)27(23,24)21-10-6-7-16(13-21)14-26-18-9-5-8-17(11-18)25-3/h5,8-9,11-12,16H,4,6-7,10,13-14H2,1-3H3/t16-/m1/s1. The van der Waals surface area contributed by atoms with E-state index in [1.165, 1.54) is 6.20 Å². The molecule has 1 aliphatic rings. The average Bonchev–Trinajstić information content (AvgIpc) is 3.08. The van der Waals surface area contributed by atoms with Gasteiger partial charge in [-0.1, -0.05) is 6.07 Å². The molecule has 2 aromatic rings. The van der Waals surface area contributed by atoms with Gasteiger partial charge in [-0.05, 0) is 38.8 Å². The topological polar surface area (TPSA) is 73.7 Å². The molecule has 0 saturated carbocycles. The molecular weight excluding hydrogens is 366 g/mol. The second-order valence-corrected chi connectivity index (χ2v) is 8.68. The van der Waals surface area contributed by atoms with Crippen molar-refractivity contribution in [2.24, 2.45) is 5.92 Å². The van der Waals surface area contributed by atoms with E-state index >= 15 is 0 Å². The monoisotopic (exact) mass is 393 g/mol. The lowest BCUT2D eigenvalue weighted by Crippen LogP contribution is -2.41. The van der Waals surface area contributed by atoms with E-state index in [4.69, 9.17) is 9.47 Å². The zero-order chi connectivity index (χ0) is 19.4. The summed E-state index contributed by atoms with van der Waals surface area (Å²) in [6.07, 6.45) is 3.24. The minimum Gasteiger partial charge on any atom is -0.497 e. The maximum Gasteiger partial charge on any atom is 0.246 e. The van der Waals surface area contributed by atoms with Crippen molar-refractivity contribution in [3.8, 4) is 11.5 Å². The van der Waals surface area contributed by atoms with Crippen LogP contribution in [-0.2, 0) is 16.6 Å². The predicted molar refractivity (Wildman–Crippen MR) is 103 cm³/mol. The average molecular weight is 394 g/mol. The highest BCUT2D eigenvalue weighted by Crippen LogP contribution is 2.27. The molecule has 0 spiro atoms. The first-order valence-corrected chi connectivity index (χ1v) is 10.7. The highest BCUT2D eigenvalue weighted by atomic mass is 32.2. The molecule has 0 radical (unpaired) electrons. The van der Waals surface area contributed by atoms with Crippen LogP contribution in [0.1, 0.15) is 25.5 Å². The van der Waals surface area contributed by atoms with Crippen LogP contribution in [0.3, 0.4) is 0 Å². The summed E-state index contributed by atoms with van der Waals surface area (Å²) >= 11 is 0. The van der Waals surface area contributed by atoms with Gasteiger partial charge in [0, 0.05) is 31.6 Å². The number of nitrogens with zero attached hydrogens (tertiary/aromatic N) is 3. The molecule has 0 N–H and O–H groups in total. The number of sulfonamides is 1. The van der Waals surface area contributed by atoms with Crippen molar-refractivity contribution < 1.29 is 17.9 Å². The SMILES string of the molecule is CCn1ncc(S(=O)(=O)N2CCC[C@@H](COc3cccc(OC)c3)C2)c1C. The van der Waals surface area contributed by atoms with Gasteiger partial charge in [0.1, 0.15) is 16.4 Å². The molecule has 1 aromatic heterocycles. The Hall–Kier alpha value is -2.06. The number of hydrogen-bond acceptors (Lipinski definition) is 5. The molecule has 1 saturated heterocycles. The van der Waals surface area contributed by atoms with Crippen LogP contribution in [0.5, 0.6) is 11.5 Å². The summed E-state index contributed by atoms with van der Waals surface area (Å²) in [4.78, 5) is 0.304. The fourth-order valence-corrected chi connectivity index (χ4v) is 5.14. The van der Waals surface area contributed by atoms with Crippen LogP contribution >= 0.6 is 0 Å². The molecule has 148 valence electrons. The van der Waals surface area contributed by atoms with Crippen LogP contribution in [0.15, 0.2) is 35.4 Å². The Morgan fingerprint density at radius 3 is 2.78 bits per heavy atom. The number of piperidine rings is 1. The lowest BCUT2D eigenvalue weighted by molar-refractivity contribution is 0.180. The molecule has 1 fully saturated rings. The number of benzene rings is 1. The molecule has 3 rings (SSSR count). The molecule has 0 aliphatic carbocycles. The van der Waals surface area contributed by atoms with Crippen molar-refractivity contribution in [2.45, 2.75) is 38.1 Å². The fraction of sp³-hybridized carbons (Fsp3) is 0.526. The van der Waals surface area contributed by atoms with Gasteiger partial charge < -0.3 is 9.47 Å². The van der Waals surface area contributed by atoms with Crippen LogP contribution in [0.2, 0.25) is 0 Å². The first-order chi connectivity index (χ1) is 13.0. The van der Waals surface area contributed by atoms with Gasteiger partial charge in [0.2, 0.25) is 10.0 Å². The van der Waals surface area contributed by atoms with Crippen LogP contribution in [0, 0.1) is 12.8 Å². The molecule has 8 heteroatoms.